The maximum atomic E-state index is 12.7. The molecule has 118 valence electrons. The molecule has 1 amide bonds. The molecule has 0 radical (unpaired) electrons. The molecule has 0 aliphatic rings. The van der Waals surface area contributed by atoms with Crippen LogP contribution in [0, 0.1) is 0 Å². The highest BCUT2D eigenvalue weighted by Crippen LogP contribution is 2.34. The Bertz CT molecular complexity index is 849. The summed E-state index contributed by atoms with van der Waals surface area (Å²) in [7, 11) is 2.52. The molecule has 2 heterocycles. The third kappa shape index (κ3) is 2.79. The second kappa shape index (κ2) is 5.40. The summed E-state index contributed by atoms with van der Waals surface area (Å²) in [6.45, 7) is 0. The molecule has 0 saturated carbocycles. The summed E-state index contributed by atoms with van der Waals surface area (Å²) in [5.41, 5.74) is -1.73. The van der Waals surface area contributed by atoms with Crippen molar-refractivity contribution in [3.8, 4) is 0 Å². The Morgan fingerprint density at radius 2 is 1.95 bits per heavy atom. The number of aryl methyl sites for hydroxylation is 1. The van der Waals surface area contributed by atoms with E-state index in [0.717, 1.165) is 20.8 Å². The fourth-order valence-electron chi connectivity index (χ4n) is 1.68. The summed E-state index contributed by atoms with van der Waals surface area (Å²) < 4.78 is 39.9. The lowest BCUT2D eigenvalue weighted by atomic mass is 10.3. The van der Waals surface area contributed by atoms with E-state index in [9.17, 15) is 27.6 Å². The average Bonchev–Trinajstić information content (AvgIpc) is 2.92. The molecule has 0 spiro atoms. The van der Waals surface area contributed by atoms with Crippen LogP contribution in [0.15, 0.2) is 21.3 Å². The normalized spacial score (nSPS) is 11.5. The molecule has 11 heteroatoms. The van der Waals surface area contributed by atoms with Crippen LogP contribution in [0.4, 0.5) is 18.9 Å². The van der Waals surface area contributed by atoms with Gasteiger partial charge in [0.2, 0.25) is 0 Å². The molecule has 0 fully saturated rings. The lowest BCUT2D eigenvalue weighted by molar-refractivity contribution is -0.134. The maximum Gasteiger partial charge on any atom is 0.427 e. The summed E-state index contributed by atoms with van der Waals surface area (Å²) in [5.74, 6) is -1.18. The van der Waals surface area contributed by atoms with Gasteiger partial charge in [-0.3, -0.25) is 14.2 Å². The van der Waals surface area contributed by atoms with Crippen LogP contribution in [0.25, 0.3) is 0 Å². The van der Waals surface area contributed by atoms with Gasteiger partial charge in [-0.05, 0) is 0 Å². The number of anilines is 1. The van der Waals surface area contributed by atoms with Crippen molar-refractivity contribution in [2.45, 2.75) is 6.18 Å². The number of thiazole rings is 1. The van der Waals surface area contributed by atoms with E-state index >= 15 is 0 Å². The van der Waals surface area contributed by atoms with Gasteiger partial charge in [0.1, 0.15) is 10.6 Å². The van der Waals surface area contributed by atoms with Crippen LogP contribution in [0.3, 0.4) is 0 Å². The molecule has 0 unspecified atom stereocenters. The summed E-state index contributed by atoms with van der Waals surface area (Å²) in [5, 5.41) is 2.05. The predicted molar refractivity (Wildman–Crippen MR) is 72.0 cm³/mol. The van der Waals surface area contributed by atoms with E-state index in [1.165, 1.54) is 14.1 Å². The number of halogens is 3. The van der Waals surface area contributed by atoms with E-state index in [-0.39, 0.29) is 17.0 Å². The topological polar surface area (TPSA) is 86.0 Å². The van der Waals surface area contributed by atoms with Crippen LogP contribution in [-0.2, 0) is 20.3 Å². The summed E-state index contributed by atoms with van der Waals surface area (Å²) in [4.78, 5) is 37.4. The second-order valence-corrected chi connectivity index (χ2v) is 5.14. The number of aromatic nitrogens is 3. The first-order valence-corrected chi connectivity index (χ1v) is 6.59. The van der Waals surface area contributed by atoms with Gasteiger partial charge in [-0.15, -0.1) is 11.3 Å². The van der Waals surface area contributed by atoms with E-state index in [4.69, 9.17) is 0 Å². The molecular formula is C11H9F3N4O3S. The monoisotopic (exact) mass is 334 g/mol. The first kappa shape index (κ1) is 15.9. The molecule has 0 aliphatic carbocycles. The smallest absolute Gasteiger partial charge is 0.315 e. The maximum absolute atomic E-state index is 12.7. The number of amides is 1. The molecule has 0 aromatic carbocycles. The molecule has 1 N–H and O–H groups in total. The highest BCUT2D eigenvalue weighted by Gasteiger charge is 2.38. The minimum atomic E-state index is -4.72. The zero-order chi connectivity index (χ0) is 16.7. The van der Waals surface area contributed by atoms with E-state index < -0.39 is 33.9 Å². The Morgan fingerprint density at radius 1 is 1.32 bits per heavy atom. The van der Waals surface area contributed by atoms with Crippen LogP contribution >= 0.6 is 11.3 Å². The van der Waals surface area contributed by atoms with E-state index in [2.05, 4.69) is 4.98 Å². The first-order chi connectivity index (χ1) is 10.1. The van der Waals surface area contributed by atoms with Crippen molar-refractivity contribution in [1.29, 1.82) is 0 Å². The van der Waals surface area contributed by atoms with Gasteiger partial charge in [0.15, 0.2) is 5.69 Å². The van der Waals surface area contributed by atoms with Crippen molar-refractivity contribution < 1.29 is 18.0 Å². The van der Waals surface area contributed by atoms with Gasteiger partial charge >= 0.3 is 11.9 Å². The minimum Gasteiger partial charge on any atom is -0.315 e. The van der Waals surface area contributed by atoms with Crippen LogP contribution < -0.4 is 16.6 Å². The van der Waals surface area contributed by atoms with Gasteiger partial charge in [0.25, 0.3) is 11.5 Å². The van der Waals surface area contributed by atoms with Gasteiger partial charge in [-0.25, -0.2) is 9.78 Å². The molecule has 0 atom stereocenters. The largest absolute Gasteiger partial charge is 0.427 e. The molecule has 0 saturated heterocycles. The van der Waals surface area contributed by atoms with Gasteiger partial charge in [-0.2, -0.15) is 13.2 Å². The standard InChI is InChI=1S/C11H9F3N4O3S/c1-17-3-5(9(20)18(2)10(17)21)16-8(19)6-7(11(12,13)14)22-4-15-6/h3-4H,1-2H3,(H,16,19). The number of carbonyl (C=O) groups is 1. The zero-order valence-corrected chi connectivity index (χ0v) is 12.1. The van der Waals surface area contributed by atoms with Crippen molar-refractivity contribution in [3.05, 3.63) is 43.1 Å². The highest BCUT2D eigenvalue weighted by atomic mass is 32.1. The Hall–Kier alpha value is -2.43. The highest BCUT2D eigenvalue weighted by molar-refractivity contribution is 7.10. The summed E-state index contributed by atoms with van der Waals surface area (Å²) in [6.07, 6.45) is -3.69. The van der Waals surface area contributed by atoms with Crippen molar-refractivity contribution in [1.82, 2.24) is 14.1 Å². The zero-order valence-electron chi connectivity index (χ0n) is 11.3. The lowest BCUT2D eigenvalue weighted by Gasteiger charge is -2.09. The van der Waals surface area contributed by atoms with Gasteiger partial charge < -0.3 is 9.88 Å². The minimum absolute atomic E-state index is 0.273. The number of hydrogen-bond acceptors (Lipinski definition) is 5. The summed E-state index contributed by atoms with van der Waals surface area (Å²) in [6, 6.07) is 0. The second-order valence-electron chi connectivity index (χ2n) is 4.28. The molecule has 0 bridgehead atoms. The first-order valence-electron chi connectivity index (χ1n) is 5.71. The molecule has 22 heavy (non-hydrogen) atoms. The predicted octanol–water partition coefficient (Wildman–Crippen LogP) is 0.812. The van der Waals surface area contributed by atoms with E-state index in [1.807, 2.05) is 5.32 Å². The number of nitrogens with zero attached hydrogens (tertiary/aromatic N) is 3. The number of nitrogens with one attached hydrogen (secondary N) is 1. The molecule has 0 aliphatic heterocycles. The van der Waals surface area contributed by atoms with Crippen LogP contribution in [-0.4, -0.2) is 20.0 Å². The van der Waals surface area contributed by atoms with Crippen molar-refractivity contribution >= 4 is 22.9 Å². The Morgan fingerprint density at radius 3 is 2.55 bits per heavy atom. The molecule has 2 aromatic rings. The van der Waals surface area contributed by atoms with Crippen LogP contribution in [0.2, 0.25) is 0 Å². The number of alkyl halides is 3. The third-order valence-corrected chi connectivity index (χ3v) is 3.61. The molecule has 7 nitrogen and oxygen atoms in total. The fourth-order valence-corrected chi connectivity index (χ4v) is 2.34. The fraction of sp³-hybridized carbons (Fsp3) is 0.273. The van der Waals surface area contributed by atoms with Crippen molar-refractivity contribution in [3.63, 3.8) is 0 Å². The molecule has 2 aromatic heterocycles. The number of carbonyl (C=O) groups excluding carboxylic acids is 1. The van der Waals surface area contributed by atoms with Crippen LogP contribution in [0.1, 0.15) is 15.4 Å². The van der Waals surface area contributed by atoms with Crippen molar-refractivity contribution in [2.75, 3.05) is 5.32 Å². The molecule has 2 rings (SSSR count). The van der Waals surface area contributed by atoms with Crippen LogP contribution in [0.5, 0.6) is 0 Å². The lowest BCUT2D eigenvalue weighted by Crippen LogP contribution is -2.38. The van der Waals surface area contributed by atoms with E-state index in [1.54, 1.807) is 0 Å². The van der Waals surface area contributed by atoms with Gasteiger partial charge in [-0.1, -0.05) is 0 Å². The summed E-state index contributed by atoms with van der Waals surface area (Å²) >= 11 is 0.273. The Labute approximate surface area is 124 Å². The van der Waals surface area contributed by atoms with Gasteiger partial charge in [0, 0.05) is 20.3 Å². The Kier molecular flexibility index (Phi) is 3.92. The third-order valence-electron chi connectivity index (χ3n) is 2.73. The van der Waals surface area contributed by atoms with Gasteiger partial charge in [0.05, 0.1) is 5.51 Å². The Balaban J connectivity index is 2.42. The van der Waals surface area contributed by atoms with E-state index in [0.29, 0.717) is 0 Å². The van der Waals surface area contributed by atoms with Crippen molar-refractivity contribution in [2.24, 2.45) is 14.1 Å². The SMILES string of the molecule is Cn1cc(NC(=O)c2ncsc2C(F)(F)F)c(=O)n(C)c1=O. The molecular weight excluding hydrogens is 325 g/mol. The quantitative estimate of drug-likeness (QED) is 0.881. The average molecular weight is 334 g/mol. The number of hydrogen-bond donors (Lipinski definition) is 1. The number of rotatable bonds is 2.